The van der Waals surface area contributed by atoms with Gasteiger partial charge in [0.25, 0.3) is 0 Å². The predicted octanol–water partition coefficient (Wildman–Crippen LogP) is 4.43. The van der Waals surface area contributed by atoms with Gasteiger partial charge in [0.15, 0.2) is 0 Å². The summed E-state index contributed by atoms with van der Waals surface area (Å²) in [5, 5.41) is 11.1. The number of carbonyl (C=O) groups is 1. The highest BCUT2D eigenvalue weighted by Crippen LogP contribution is 2.22. The molecule has 0 bridgehead atoms. The zero-order valence-electron chi connectivity index (χ0n) is 12.8. The maximum Gasteiger partial charge on any atom is 0.322 e. The van der Waals surface area contributed by atoms with Crippen LogP contribution in [0.4, 0.5) is 6.01 Å². The van der Waals surface area contributed by atoms with Gasteiger partial charge in [0.1, 0.15) is 0 Å². The number of hydrogen-bond acceptors (Lipinski definition) is 5. The predicted molar refractivity (Wildman–Crippen MR) is 95.3 cm³/mol. The Kier molecular flexibility index (Phi) is 5.17. The minimum atomic E-state index is -0.214. The van der Waals surface area contributed by atoms with Gasteiger partial charge in [-0.15, -0.1) is 16.9 Å². The number of aryl methyl sites for hydroxylation is 1. The molecule has 0 radical (unpaired) electrons. The van der Waals surface area contributed by atoms with Crippen LogP contribution in [0.5, 0.6) is 0 Å². The minimum absolute atomic E-state index is 0.0909. The molecule has 0 aliphatic carbocycles. The van der Waals surface area contributed by atoms with Crippen molar-refractivity contribution in [3.8, 4) is 11.5 Å². The maximum absolute atomic E-state index is 12.0. The van der Waals surface area contributed by atoms with E-state index < -0.39 is 0 Å². The molecule has 7 heteroatoms. The Labute approximate surface area is 148 Å². The summed E-state index contributed by atoms with van der Waals surface area (Å²) < 4.78 is 5.48. The number of aromatic nitrogens is 2. The van der Waals surface area contributed by atoms with Crippen LogP contribution in [0.25, 0.3) is 11.5 Å². The van der Waals surface area contributed by atoms with Gasteiger partial charge in [0, 0.05) is 15.5 Å². The average molecular weight is 360 g/mol. The van der Waals surface area contributed by atoms with Crippen molar-refractivity contribution in [3.05, 3.63) is 59.1 Å². The van der Waals surface area contributed by atoms with Gasteiger partial charge in [-0.3, -0.25) is 10.1 Å². The lowest BCUT2D eigenvalue weighted by molar-refractivity contribution is -0.113. The molecule has 1 heterocycles. The highest BCUT2D eigenvalue weighted by Gasteiger charge is 2.11. The molecule has 0 saturated heterocycles. The van der Waals surface area contributed by atoms with Crippen molar-refractivity contribution in [2.45, 2.75) is 11.8 Å². The number of thioether (sulfide) groups is 1. The van der Waals surface area contributed by atoms with Crippen LogP contribution < -0.4 is 5.32 Å². The Balaban J connectivity index is 1.58. The highest BCUT2D eigenvalue weighted by atomic mass is 35.5. The van der Waals surface area contributed by atoms with E-state index in [1.165, 1.54) is 11.8 Å². The molecule has 0 unspecified atom stereocenters. The van der Waals surface area contributed by atoms with E-state index in [0.717, 1.165) is 16.0 Å². The van der Waals surface area contributed by atoms with Gasteiger partial charge >= 0.3 is 6.01 Å². The quantitative estimate of drug-likeness (QED) is 0.682. The Morgan fingerprint density at radius 1 is 1.21 bits per heavy atom. The SMILES string of the molecule is Cc1cccc(-c2nnc(NC(=O)CSc3ccc(Cl)cc3)o2)c1. The summed E-state index contributed by atoms with van der Waals surface area (Å²) in [6.45, 7) is 1.98. The summed E-state index contributed by atoms with van der Waals surface area (Å²) in [7, 11) is 0. The van der Waals surface area contributed by atoms with Crippen molar-refractivity contribution < 1.29 is 9.21 Å². The molecule has 5 nitrogen and oxygen atoms in total. The smallest absolute Gasteiger partial charge is 0.322 e. The van der Waals surface area contributed by atoms with E-state index >= 15 is 0 Å². The molecule has 1 N–H and O–H groups in total. The van der Waals surface area contributed by atoms with E-state index in [4.69, 9.17) is 16.0 Å². The molecule has 3 rings (SSSR count). The first kappa shape index (κ1) is 16.5. The monoisotopic (exact) mass is 359 g/mol. The number of anilines is 1. The van der Waals surface area contributed by atoms with E-state index in [9.17, 15) is 4.79 Å². The molecule has 1 amide bonds. The second kappa shape index (κ2) is 7.51. The number of carbonyl (C=O) groups excluding carboxylic acids is 1. The largest absolute Gasteiger partial charge is 0.403 e. The first-order chi connectivity index (χ1) is 11.6. The van der Waals surface area contributed by atoms with E-state index in [1.807, 2.05) is 43.3 Å². The number of hydrogen-bond donors (Lipinski definition) is 1. The van der Waals surface area contributed by atoms with Crippen LogP contribution in [-0.4, -0.2) is 21.9 Å². The lowest BCUT2D eigenvalue weighted by Crippen LogP contribution is -2.14. The molecule has 0 fully saturated rings. The molecule has 1 aromatic heterocycles. The molecular weight excluding hydrogens is 346 g/mol. The van der Waals surface area contributed by atoms with Gasteiger partial charge in [0.05, 0.1) is 5.75 Å². The summed E-state index contributed by atoms with van der Waals surface area (Å²) in [6, 6.07) is 15.1. The molecule has 2 aromatic carbocycles. The lowest BCUT2D eigenvalue weighted by Gasteiger charge is -2.01. The Morgan fingerprint density at radius 2 is 2.00 bits per heavy atom. The molecule has 122 valence electrons. The van der Waals surface area contributed by atoms with E-state index in [2.05, 4.69) is 15.5 Å². The van der Waals surface area contributed by atoms with E-state index in [1.54, 1.807) is 12.1 Å². The van der Waals surface area contributed by atoms with Gasteiger partial charge in [0.2, 0.25) is 11.8 Å². The number of halogens is 1. The van der Waals surface area contributed by atoms with Crippen molar-refractivity contribution >= 4 is 35.3 Å². The van der Waals surface area contributed by atoms with E-state index in [-0.39, 0.29) is 17.7 Å². The van der Waals surface area contributed by atoms with Crippen LogP contribution in [0.15, 0.2) is 57.8 Å². The maximum atomic E-state index is 12.0. The zero-order valence-corrected chi connectivity index (χ0v) is 14.4. The molecule has 0 spiro atoms. The van der Waals surface area contributed by atoms with E-state index in [0.29, 0.717) is 10.9 Å². The summed E-state index contributed by atoms with van der Waals surface area (Å²) >= 11 is 7.23. The van der Waals surface area contributed by atoms with Crippen molar-refractivity contribution in [1.29, 1.82) is 0 Å². The number of amides is 1. The summed E-state index contributed by atoms with van der Waals surface area (Å²) in [4.78, 5) is 12.9. The van der Waals surface area contributed by atoms with Gasteiger partial charge in [-0.05, 0) is 43.3 Å². The number of benzene rings is 2. The van der Waals surface area contributed by atoms with Gasteiger partial charge < -0.3 is 4.42 Å². The lowest BCUT2D eigenvalue weighted by atomic mass is 10.1. The third-order valence-electron chi connectivity index (χ3n) is 3.12. The van der Waals surface area contributed by atoms with Gasteiger partial charge in [-0.25, -0.2) is 0 Å². The molecular formula is C17H14ClN3O2S. The first-order valence-corrected chi connectivity index (χ1v) is 8.55. The zero-order chi connectivity index (χ0) is 16.9. The third kappa shape index (κ3) is 4.37. The molecule has 0 saturated carbocycles. The second-order valence-electron chi connectivity index (χ2n) is 5.07. The van der Waals surface area contributed by atoms with Crippen LogP contribution in [0.3, 0.4) is 0 Å². The Morgan fingerprint density at radius 3 is 2.75 bits per heavy atom. The first-order valence-electron chi connectivity index (χ1n) is 7.19. The Hall–Kier alpha value is -2.31. The Bertz CT molecular complexity index is 849. The van der Waals surface area contributed by atoms with Crippen LogP contribution in [-0.2, 0) is 4.79 Å². The molecule has 0 aliphatic rings. The summed E-state index contributed by atoms with van der Waals surface area (Å²) in [6.07, 6.45) is 0. The standard InChI is InChI=1S/C17H14ClN3O2S/c1-11-3-2-4-12(9-11)16-20-21-17(23-16)19-15(22)10-24-14-7-5-13(18)6-8-14/h2-9H,10H2,1H3,(H,19,21,22). The van der Waals surface area contributed by atoms with Crippen molar-refractivity contribution in [1.82, 2.24) is 10.2 Å². The average Bonchev–Trinajstić information content (AvgIpc) is 3.03. The van der Waals surface area contributed by atoms with Crippen molar-refractivity contribution in [3.63, 3.8) is 0 Å². The summed E-state index contributed by atoms with van der Waals surface area (Å²) in [5.41, 5.74) is 1.91. The third-order valence-corrected chi connectivity index (χ3v) is 4.38. The van der Waals surface area contributed by atoms with Crippen molar-refractivity contribution in [2.24, 2.45) is 0 Å². The molecule has 3 aromatic rings. The fourth-order valence-electron chi connectivity index (χ4n) is 2.00. The molecule has 0 atom stereocenters. The highest BCUT2D eigenvalue weighted by molar-refractivity contribution is 8.00. The topological polar surface area (TPSA) is 68.0 Å². The van der Waals surface area contributed by atoms with Crippen LogP contribution in [0, 0.1) is 6.92 Å². The van der Waals surface area contributed by atoms with Crippen molar-refractivity contribution in [2.75, 3.05) is 11.1 Å². The fourth-order valence-corrected chi connectivity index (χ4v) is 2.83. The van der Waals surface area contributed by atoms with Gasteiger partial charge in [-0.2, -0.15) is 0 Å². The number of nitrogens with one attached hydrogen (secondary N) is 1. The molecule has 24 heavy (non-hydrogen) atoms. The number of nitrogens with zero attached hydrogens (tertiary/aromatic N) is 2. The van der Waals surface area contributed by atoms with Crippen LogP contribution in [0.2, 0.25) is 5.02 Å². The second-order valence-corrected chi connectivity index (χ2v) is 6.56. The molecule has 0 aliphatic heterocycles. The number of rotatable bonds is 5. The minimum Gasteiger partial charge on any atom is -0.403 e. The summed E-state index contributed by atoms with van der Waals surface area (Å²) in [5.74, 6) is 0.401. The van der Waals surface area contributed by atoms with Crippen LogP contribution >= 0.6 is 23.4 Å². The normalized spacial score (nSPS) is 10.6. The van der Waals surface area contributed by atoms with Gasteiger partial charge in [-0.1, -0.05) is 34.4 Å². The fraction of sp³-hybridized carbons (Fsp3) is 0.118. The van der Waals surface area contributed by atoms with Crippen LogP contribution in [0.1, 0.15) is 5.56 Å².